The Labute approximate surface area is 124 Å². The van der Waals surface area contributed by atoms with Gasteiger partial charge in [0, 0.05) is 15.4 Å². The van der Waals surface area contributed by atoms with Crippen molar-refractivity contribution in [3.63, 3.8) is 0 Å². The van der Waals surface area contributed by atoms with Gasteiger partial charge in [-0.05, 0) is 24.3 Å². The molecule has 0 radical (unpaired) electrons. The average Bonchev–Trinajstić information content (AvgIpc) is 2.82. The summed E-state index contributed by atoms with van der Waals surface area (Å²) in [6.45, 7) is 0. The van der Waals surface area contributed by atoms with Crippen LogP contribution >= 0.6 is 28.1 Å². The van der Waals surface area contributed by atoms with Crippen LogP contribution in [0.5, 0.6) is 0 Å². The molecule has 0 aliphatic heterocycles. The molecule has 0 spiro atoms. The van der Waals surface area contributed by atoms with Crippen LogP contribution in [0, 0.1) is 0 Å². The van der Waals surface area contributed by atoms with E-state index in [9.17, 15) is 0 Å². The summed E-state index contributed by atoms with van der Waals surface area (Å²) in [7, 11) is 0. The highest BCUT2D eigenvalue weighted by molar-refractivity contribution is 9.10. The molecule has 1 heterocycles. The van der Waals surface area contributed by atoms with Crippen molar-refractivity contribution in [2.75, 3.05) is 0 Å². The van der Waals surface area contributed by atoms with E-state index in [0.29, 0.717) is 4.99 Å². The summed E-state index contributed by atoms with van der Waals surface area (Å²) in [6, 6.07) is 13.8. The van der Waals surface area contributed by atoms with E-state index >= 15 is 0 Å². The number of rotatable bonds is 2. The van der Waals surface area contributed by atoms with Crippen LogP contribution in [-0.2, 0) is 0 Å². The molecule has 0 unspecified atom stereocenters. The lowest BCUT2D eigenvalue weighted by atomic mass is 10.1. The van der Waals surface area contributed by atoms with Gasteiger partial charge in [0.2, 0.25) is 0 Å². The van der Waals surface area contributed by atoms with Crippen LogP contribution in [0.3, 0.4) is 0 Å². The minimum absolute atomic E-state index is 0.357. The molecule has 0 fully saturated rings. The van der Waals surface area contributed by atoms with Crippen molar-refractivity contribution in [1.82, 2.24) is 9.78 Å². The zero-order valence-corrected chi connectivity index (χ0v) is 12.3. The second-order valence-corrected chi connectivity index (χ2v) is 5.50. The summed E-state index contributed by atoms with van der Waals surface area (Å²) < 4.78 is 2.80. The third-order valence-corrected chi connectivity index (χ3v) is 3.64. The van der Waals surface area contributed by atoms with Crippen molar-refractivity contribution in [2.24, 2.45) is 5.73 Å². The van der Waals surface area contributed by atoms with Crippen LogP contribution in [-0.4, -0.2) is 14.8 Å². The zero-order chi connectivity index (χ0) is 13.4. The molecule has 3 nitrogen and oxygen atoms in total. The molecule has 5 heteroatoms. The average molecular weight is 332 g/mol. The van der Waals surface area contributed by atoms with Crippen LogP contribution in [0.1, 0.15) is 5.56 Å². The topological polar surface area (TPSA) is 43.8 Å². The first-order valence-corrected chi connectivity index (χ1v) is 6.89. The number of hydrogen-bond acceptors (Lipinski definition) is 2. The van der Waals surface area contributed by atoms with E-state index in [1.165, 1.54) is 0 Å². The second kappa shape index (κ2) is 4.75. The van der Waals surface area contributed by atoms with Gasteiger partial charge in [-0.1, -0.05) is 46.3 Å². The number of nitrogens with zero attached hydrogens (tertiary/aromatic N) is 2. The Morgan fingerprint density at radius 3 is 2.79 bits per heavy atom. The van der Waals surface area contributed by atoms with E-state index in [2.05, 4.69) is 21.0 Å². The highest BCUT2D eigenvalue weighted by Crippen LogP contribution is 2.23. The van der Waals surface area contributed by atoms with Crippen molar-refractivity contribution in [2.45, 2.75) is 0 Å². The molecule has 0 aliphatic rings. The molecule has 0 saturated carbocycles. The summed E-state index contributed by atoms with van der Waals surface area (Å²) in [5, 5.41) is 5.51. The fraction of sp³-hybridized carbons (Fsp3) is 0. The van der Waals surface area contributed by atoms with Gasteiger partial charge in [-0.3, -0.25) is 0 Å². The maximum absolute atomic E-state index is 5.80. The lowest BCUT2D eigenvalue weighted by Crippen LogP contribution is -2.14. The predicted molar refractivity (Wildman–Crippen MR) is 84.7 cm³/mol. The molecular formula is C14H10BrN3S. The first-order chi connectivity index (χ1) is 9.16. The van der Waals surface area contributed by atoms with Gasteiger partial charge >= 0.3 is 0 Å². The van der Waals surface area contributed by atoms with Crippen molar-refractivity contribution >= 4 is 44.0 Å². The van der Waals surface area contributed by atoms with Crippen molar-refractivity contribution < 1.29 is 0 Å². The molecule has 1 aromatic heterocycles. The van der Waals surface area contributed by atoms with Gasteiger partial charge in [-0.25, -0.2) is 4.68 Å². The monoisotopic (exact) mass is 331 g/mol. The molecule has 19 heavy (non-hydrogen) atoms. The lowest BCUT2D eigenvalue weighted by molar-refractivity contribution is 0.908. The maximum Gasteiger partial charge on any atom is 0.106 e. The van der Waals surface area contributed by atoms with Gasteiger partial charge in [-0.2, -0.15) is 5.10 Å². The Morgan fingerprint density at radius 2 is 2.00 bits per heavy atom. The molecule has 0 bridgehead atoms. The summed E-state index contributed by atoms with van der Waals surface area (Å²) in [5.41, 5.74) is 8.52. The molecule has 2 aromatic carbocycles. The number of benzene rings is 2. The molecule has 0 amide bonds. The first kappa shape index (κ1) is 12.3. The molecule has 0 atom stereocenters. The van der Waals surface area contributed by atoms with Gasteiger partial charge in [0.1, 0.15) is 4.99 Å². The summed E-state index contributed by atoms with van der Waals surface area (Å²) in [5.74, 6) is 0. The van der Waals surface area contributed by atoms with E-state index in [0.717, 1.165) is 26.6 Å². The Kier molecular flexibility index (Phi) is 3.08. The second-order valence-electron chi connectivity index (χ2n) is 4.14. The number of aromatic nitrogens is 2. The SMILES string of the molecule is NC(=S)c1cc(Br)ccc1-n1ncc2ccccc21. The fourth-order valence-corrected chi connectivity index (χ4v) is 2.58. The van der Waals surface area contributed by atoms with E-state index < -0.39 is 0 Å². The van der Waals surface area contributed by atoms with Gasteiger partial charge < -0.3 is 5.73 Å². The standard InChI is InChI=1S/C14H10BrN3S/c15-10-5-6-13(11(7-10)14(16)19)18-12-4-2-1-3-9(12)8-17-18/h1-8H,(H2,16,19). The molecule has 3 aromatic rings. The Hall–Kier alpha value is -1.72. The van der Waals surface area contributed by atoms with E-state index in [1.54, 1.807) is 0 Å². The van der Waals surface area contributed by atoms with E-state index in [-0.39, 0.29) is 0 Å². The van der Waals surface area contributed by atoms with Crippen LogP contribution in [0.4, 0.5) is 0 Å². The normalized spacial score (nSPS) is 10.8. The van der Waals surface area contributed by atoms with Gasteiger partial charge in [0.05, 0.1) is 17.4 Å². The fourth-order valence-electron chi connectivity index (χ4n) is 2.05. The van der Waals surface area contributed by atoms with E-state index in [4.69, 9.17) is 18.0 Å². The summed E-state index contributed by atoms with van der Waals surface area (Å²) >= 11 is 8.55. The van der Waals surface area contributed by atoms with Gasteiger partial charge in [0.25, 0.3) is 0 Å². The minimum Gasteiger partial charge on any atom is -0.389 e. The quantitative estimate of drug-likeness (QED) is 0.732. The smallest absolute Gasteiger partial charge is 0.106 e. The van der Waals surface area contributed by atoms with Crippen molar-refractivity contribution in [1.29, 1.82) is 0 Å². The van der Waals surface area contributed by atoms with Gasteiger partial charge in [0.15, 0.2) is 0 Å². The Balaban J connectivity index is 2.30. The summed E-state index contributed by atoms with van der Waals surface area (Å²) in [6.07, 6.45) is 1.83. The highest BCUT2D eigenvalue weighted by atomic mass is 79.9. The number of thiocarbonyl (C=S) groups is 1. The number of nitrogens with two attached hydrogens (primary N) is 1. The predicted octanol–water partition coefficient (Wildman–Crippen LogP) is 3.42. The molecule has 94 valence electrons. The molecule has 3 rings (SSSR count). The minimum atomic E-state index is 0.357. The zero-order valence-electron chi connectivity index (χ0n) is 9.88. The third kappa shape index (κ3) is 2.15. The van der Waals surface area contributed by atoms with E-state index in [1.807, 2.05) is 53.3 Å². The molecular weight excluding hydrogens is 322 g/mol. The molecule has 0 saturated heterocycles. The van der Waals surface area contributed by atoms with Gasteiger partial charge in [-0.15, -0.1) is 0 Å². The number of hydrogen-bond donors (Lipinski definition) is 1. The summed E-state index contributed by atoms with van der Waals surface area (Å²) in [4.78, 5) is 0.357. The van der Waals surface area contributed by atoms with Crippen LogP contribution < -0.4 is 5.73 Å². The van der Waals surface area contributed by atoms with Crippen LogP contribution in [0.25, 0.3) is 16.6 Å². The van der Waals surface area contributed by atoms with Crippen molar-refractivity contribution in [3.05, 3.63) is 58.7 Å². The van der Waals surface area contributed by atoms with Crippen LogP contribution in [0.2, 0.25) is 0 Å². The van der Waals surface area contributed by atoms with Crippen molar-refractivity contribution in [3.8, 4) is 5.69 Å². The molecule has 0 aliphatic carbocycles. The number of fused-ring (bicyclic) bond motifs is 1. The van der Waals surface area contributed by atoms with Crippen LogP contribution in [0.15, 0.2) is 53.1 Å². The number of halogens is 1. The third-order valence-electron chi connectivity index (χ3n) is 2.93. The largest absolute Gasteiger partial charge is 0.389 e. The highest BCUT2D eigenvalue weighted by Gasteiger charge is 2.11. The Bertz CT molecular complexity index is 779. The lowest BCUT2D eigenvalue weighted by Gasteiger charge is -2.10. The maximum atomic E-state index is 5.80. The molecule has 2 N–H and O–H groups in total. The number of para-hydroxylation sites is 1. The Morgan fingerprint density at radius 1 is 1.21 bits per heavy atom. The first-order valence-electron chi connectivity index (χ1n) is 5.69.